The molecule has 1 aromatic carbocycles. The molecule has 0 bridgehead atoms. The molecule has 1 unspecified atom stereocenters. The highest BCUT2D eigenvalue weighted by molar-refractivity contribution is 5.49. The van der Waals surface area contributed by atoms with E-state index in [4.69, 9.17) is 11.5 Å². The Morgan fingerprint density at radius 1 is 1.22 bits per heavy atom. The third kappa shape index (κ3) is 1.95. The number of hydrogen-bond donors (Lipinski definition) is 3. The van der Waals surface area contributed by atoms with Gasteiger partial charge in [0, 0.05) is 18.5 Å². The summed E-state index contributed by atoms with van der Waals surface area (Å²) in [5.41, 5.74) is 14.0. The van der Waals surface area contributed by atoms with Crippen LogP contribution >= 0.6 is 0 Å². The fraction of sp³-hybridized carbons (Fsp3) is 0.231. The van der Waals surface area contributed by atoms with Crippen LogP contribution in [-0.2, 0) is 6.42 Å². The van der Waals surface area contributed by atoms with E-state index in [0.29, 0.717) is 17.6 Å². The van der Waals surface area contributed by atoms with E-state index in [1.165, 1.54) is 11.1 Å². The first-order chi connectivity index (χ1) is 8.72. The number of fused-ring (bicyclic) bond motifs is 1. The van der Waals surface area contributed by atoms with Gasteiger partial charge in [0.15, 0.2) is 0 Å². The van der Waals surface area contributed by atoms with Crippen LogP contribution in [0.4, 0.5) is 17.6 Å². The van der Waals surface area contributed by atoms with Gasteiger partial charge in [-0.25, -0.2) is 0 Å². The number of nitrogen functional groups attached to an aromatic ring is 2. The van der Waals surface area contributed by atoms with Gasteiger partial charge in [-0.1, -0.05) is 24.3 Å². The quantitative estimate of drug-likeness (QED) is 0.755. The third-order valence-electron chi connectivity index (χ3n) is 3.25. The molecular formula is C13H15N5. The molecule has 0 saturated carbocycles. The predicted octanol–water partition coefficient (Wildman–Crippen LogP) is 1.39. The maximum absolute atomic E-state index is 5.62. The van der Waals surface area contributed by atoms with Crippen LogP contribution in [0.1, 0.15) is 17.0 Å². The van der Waals surface area contributed by atoms with Gasteiger partial charge in [-0.3, -0.25) is 0 Å². The zero-order chi connectivity index (χ0) is 12.5. The van der Waals surface area contributed by atoms with Gasteiger partial charge in [0.05, 0.1) is 0 Å². The Labute approximate surface area is 105 Å². The molecule has 1 aromatic heterocycles. The Hall–Kier alpha value is -2.30. The van der Waals surface area contributed by atoms with Gasteiger partial charge in [0.1, 0.15) is 11.6 Å². The Morgan fingerprint density at radius 3 is 2.83 bits per heavy atom. The highest BCUT2D eigenvalue weighted by Gasteiger charge is 2.24. The fourth-order valence-electron chi connectivity index (χ4n) is 2.35. The van der Waals surface area contributed by atoms with E-state index in [9.17, 15) is 0 Å². The van der Waals surface area contributed by atoms with Gasteiger partial charge in [-0.2, -0.15) is 9.97 Å². The lowest BCUT2D eigenvalue weighted by atomic mass is 9.78. The standard InChI is InChI=1S/C13H15N5/c14-11-6-12(18-13(15)17-11)16-7-9-5-8-3-1-2-4-10(8)9/h1-4,6,9H,5,7H2,(H5,14,15,16,17,18). The van der Waals surface area contributed by atoms with Crippen LogP contribution < -0.4 is 16.8 Å². The average molecular weight is 241 g/mol. The number of hydrogen-bond acceptors (Lipinski definition) is 5. The van der Waals surface area contributed by atoms with E-state index in [1.807, 2.05) is 0 Å². The lowest BCUT2D eigenvalue weighted by molar-refractivity contribution is 0.634. The monoisotopic (exact) mass is 241 g/mol. The maximum Gasteiger partial charge on any atom is 0.223 e. The topological polar surface area (TPSA) is 89.8 Å². The Bertz CT molecular complexity index is 561. The number of aromatic nitrogens is 2. The summed E-state index contributed by atoms with van der Waals surface area (Å²) in [6, 6.07) is 10.2. The highest BCUT2D eigenvalue weighted by Crippen LogP contribution is 2.34. The molecule has 0 saturated heterocycles. The van der Waals surface area contributed by atoms with Gasteiger partial charge in [-0.05, 0) is 17.5 Å². The summed E-state index contributed by atoms with van der Waals surface area (Å²) in [6.45, 7) is 0.840. The first-order valence-electron chi connectivity index (χ1n) is 5.94. The van der Waals surface area contributed by atoms with Crippen molar-refractivity contribution < 1.29 is 0 Å². The molecule has 18 heavy (non-hydrogen) atoms. The van der Waals surface area contributed by atoms with Gasteiger partial charge in [0.25, 0.3) is 0 Å². The second-order valence-electron chi connectivity index (χ2n) is 4.52. The molecule has 0 spiro atoms. The lowest BCUT2D eigenvalue weighted by Gasteiger charge is -2.30. The Morgan fingerprint density at radius 2 is 2.06 bits per heavy atom. The summed E-state index contributed by atoms with van der Waals surface area (Å²) in [7, 11) is 0. The van der Waals surface area contributed by atoms with Gasteiger partial charge < -0.3 is 16.8 Å². The van der Waals surface area contributed by atoms with Crippen molar-refractivity contribution in [3.63, 3.8) is 0 Å². The second-order valence-corrected chi connectivity index (χ2v) is 4.52. The van der Waals surface area contributed by atoms with E-state index in [2.05, 4.69) is 39.6 Å². The fourth-order valence-corrected chi connectivity index (χ4v) is 2.35. The maximum atomic E-state index is 5.62. The largest absolute Gasteiger partial charge is 0.383 e. The van der Waals surface area contributed by atoms with Crippen molar-refractivity contribution in [2.24, 2.45) is 0 Å². The molecule has 1 atom stereocenters. The van der Waals surface area contributed by atoms with Crippen molar-refractivity contribution in [3.05, 3.63) is 41.5 Å². The number of anilines is 3. The summed E-state index contributed by atoms with van der Waals surface area (Å²) >= 11 is 0. The number of rotatable bonds is 3. The normalized spacial score (nSPS) is 16.8. The molecule has 1 aliphatic carbocycles. The van der Waals surface area contributed by atoms with Gasteiger partial charge >= 0.3 is 0 Å². The second kappa shape index (κ2) is 4.18. The molecule has 1 heterocycles. The van der Waals surface area contributed by atoms with E-state index < -0.39 is 0 Å². The summed E-state index contributed by atoms with van der Waals surface area (Å²) in [4.78, 5) is 7.93. The van der Waals surface area contributed by atoms with E-state index in [1.54, 1.807) is 6.07 Å². The van der Waals surface area contributed by atoms with Crippen LogP contribution in [0, 0.1) is 0 Å². The van der Waals surface area contributed by atoms with Gasteiger partial charge in [-0.15, -0.1) is 0 Å². The number of nitrogens with one attached hydrogen (secondary N) is 1. The van der Waals surface area contributed by atoms with E-state index in [0.717, 1.165) is 13.0 Å². The number of nitrogens with zero attached hydrogens (tertiary/aromatic N) is 2. The summed E-state index contributed by atoms with van der Waals surface area (Å²) < 4.78 is 0. The Kier molecular flexibility index (Phi) is 2.51. The zero-order valence-corrected chi connectivity index (χ0v) is 9.93. The molecule has 1 aliphatic rings. The third-order valence-corrected chi connectivity index (χ3v) is 3.25. The van der Waals surface area contributed by atoms with Crippen molar-refractivity contribution in [1.29, 1.82) is 0 Å². The minimum absolute atomic E-state index is 0.200. The van der Waals surface area contributed by atoms with Crippen LogP contribution in [0.3, 0.4) is 0 Å². The van der Waals surface area contributed by atoms with Crippen LogP contribution in [0.25, 0.3) is 0 Å². The molecule has 2 aromatic rings. The molecule has 0 radical (unpaired) electrons. The number of nitrogens with two attached hydrogens (primary N) is 2. The summed E-state index contributed by atoms with van der Waals surface area (Å²) in [5.74, 6) is 1.81. The van der Waals surface area contributed by atoms with E-state index >= 15 is 0 Å². The molecule has 0 fully saturated rings. The minimum atomic E-state index is 0.200. The minimum Gasteiger partial charge on any atom is -0.383 e. The average Bonchev–Trinajstić information content (AvgIpc) is 2.29. The SMILES string of the molecule is Nc1cc(NCC2Cc3ccccc32)nc(N)n1. The Balaban J connectivity index is 1.66. The van der Waals surface area contributed by atoms with Crippen molar-refractivity contribution in [2.75, 3.05) is 23.3 Å². The smallest absolute Gasteiger partial charge is 0.223 e. The van der Waals surface area contributed by atoms with Crippen LogP contribution in [0.5, 0.6) is 0 Å². The van der Waals surface area contributed by atoms with Crippen molar-refractivity contribution >= 4 is 17.6 Å². The van der Waals surface area contributed by atoms with Crippen LogP contribution in [0.2, 0.25) is 0 Å². The molecule has 5 nitrogen and oxygen atoms in total. The van der Waals surface area contributed by atoms with Crippen molar-refractivity contribution in [2.45, 2.75) is 12.3 Å². The molecule has 0 amide bonds. The molecule has 5 N–H and O–H groups in total. The number of benzene rings is 1. The summed E-state index contributed by atoms with van der Waals surface area (Å²) in [6.07, 6.45) is 1.11. The molecule has 0 aliphatic heterocycles. The molecular weight excluding hydrogens is 226 g/mol. The van der Waals surface area contributed by atoms with Crippen molar-refractivity contribution in [1.82, 2.24) is 9.97 Å². The van der Waals surface area contributed by atoms with Crippen LogP contribution in [0.15, 0.2) is 30.3 Å². The predicted molar refractivity (Wildman–Crippen MR) is 72.2 cm³/mol. The first-order valence-corrected chi connectivity index (χ1v) is 5.94. The molecule has 3 rings (SSSR count). The summed E-state index contributed by atoms with van der Waals surface area (Å²) in [5, 5.41) is 3.26. The first kappa shape index (κ1) is 10.8. The van der Waals surface area contributed by atoms with Crippen LogP contribution in [-0.4, -0.2) is 16.5 Å². The van der Waals surface area contributed by atoms with Crippen molar-refractivity contribution in [3.8, 4) is 0 Å². The lowest BCUT2D eigenvalue weighted by Crippen LogP contribution is -2.24. The molecule has 5 heteroatoms. The molecule has 92 valence electrons. The zero-order valence-electron chi connectivity index (χ0n) is 9.93. The van der Waals surface area contributed by atoms with Gasteiger partial charge in [0.2, 0.25) is 5.95 Å². The highest BCUT2D eigenvalue weighted by atomic mass is 15.1. The van der Waals surface area contributed by atoms with E-state index in [-0.39, 0.29) is 5.95 Å².